The average molecular weight is 500 g/mol. The number of esters is 1. The molecule has 192 valence electrons. The summed E-state index contributed by atoms with van der Waals surface area (Å²) in [4.78, 5) is 26.8. The maximum absolute atomic E-state index is 13.6. The molecule has 0 saturated carbocycles. The third-order valence-electron chi connectivity index (χ3n) is 7.73. The molecule has 3 aromatic rings. The first kappa shape index (κ1) is 25.0. The quantitative estimate of drug-likeness (QED) is 0.234. The number of hydrogen-bond donors (Lipinski definition) is 1. The second-order valence-electron chi connectivity index (χ2n) is 10.2. The molecule has 3 aromatic carbocycles. The van der Waals surface area contributed by atoms with Gasteiger partial charge in [-0.1, -0.05) is 48.5 Å². The van der Waals surface area contributed by atoms with Crippen molar-refractivity contribution >= 4 is 17.4 Å². The number of carbonyl (C=O) groups excluding carboxylic acids is 2. The topological polar surface area (TPSA) is 64.6 Å². The lowest BCUT2D eigenvalue weighted by molar-refractivity contribution is -0.938. The van der Waals surface area contributed by atoms with Crippen molar-refractivity contribution in [3.8, 4) is 5.75 Å². The van der Waals surface area contributed by atoms with E-state index >= 15 is 0 Å². The van der Waals surface area contributed by atoms with Crippen molar-refractivity contribution in [1.29, 1.82) is 0 Å². The number of fused-ring (bicyclic) bond motifs is 3. The summed E-state index contributed by atoms with van der Waals surface area (Å²) in [6.45, 7) is 5.56. The zero-order chi connectivity index (χ0) is 25.7. The first-order valence-corrected chi connectivity index (χ1v) is 13.2. The molecule has 2 bridgehead atoms. The van der Waals surface area contributed by atoms with Crippen molar-refractivity contribution in [2.24, 2.45) is 5.92 Å². The molecule has 0 unspecified atom stereocenters. The normalized spacial score (nSPS) is 23.2. The Morgan fingerprint density at radius 2 is 1.57 bits per heavy atom. The standard InChI is InChI=1S/C31H35N2O4/c1-2-36-27-15-13-23(14-16-27)28(34)21-33-19-17-24(18-20-33)29(22-33)37-31(35)30(25-9-5-3-6-10-25)32-26-11-7-4-8-12-26/h3-16,24,29-30,32H,2,17-22H2,1H3/q+1/t24?,29-,30+,33?/m0/s1. The van der Waals surface area contributed by atoms with E-state index in [1.807, 2.05) is 91.9 Å². The van der Waals surface area contributed by atoms with E-state index in [4.69, 9.17) is 9.47 Å². The lowest BCUT2D eigenvalue weighted by Crippen LogP contribution is -2.65. The van der Waals surface area contributed by atoms with Crippen LogP contribution in [0.4, 0.5) is 5.69 Å². The van der Waals surface area contributed by atoms with Gasteiger partial charge in [0.05, 0.1) is 19.7 Å². The zero-order valence-corrected chi connectivity index (χ0v) is 21.3. The van der Waals surface area contributed by atoms with Gasteiger partial charge in [0, 0.05) is 30.0 Å². The second kappa shape index (κ2) is 11.2. The summed E-state index contributed by atoms with van der Waals surface area (Å²) in [5, 5.41) is 3.36. The summed E-state index contributed by atoms with van der Waals surface area (Å²) < 4.78 is 12.4. The molecule has 2 atom stereocenters. The highest BCUT2D eigenvalue weighted by molar-refractivity contribution is 5.97. The molecule has 0 spiro atoms. The van der Waals surface area contributed by atoms with Gasteiger partial charge in [0.15, 0.2) is 12.1 Å². The third-order valence-corrected chi connectivity index (χ3v) is 7.73. The number of hydrogen-bond acceptors (Lipinski definition) is 5. The van der Waals surface area contributed by atoms with Crippen LogP contribution in [-0.2, 0) is 9.53 Å². The number of para-hydroxylation sites is 1. The minimum atomic E-state index is -0.599. The highest BCUT2D eigenvalue weighted by Gasteiger charge is 2.49. The van der Waals surface area contributed by atoms with Crippen LogP contribution in [-0.4, -0.2) is 55.1 Å². The van der Waals surface area contributed by atoms with Gasteiger partial charge in [0.2, 0.25) is 5.78 Å². The van der Waals surface area contributed by atoms with Gasteiger partial charge in [0.25, 0.3) is 0 Å². The number of anilines is 1. The molecular weight excluding hydrogens is 464 g/mol. The summed E-state index contributed by atoms with van der Waals surface area (Å²) >= 11 is 0. The number of nitrogens with one attached hydrogen (secondary N) is 1. The average Bonchev–Trinajstić information content (AvgIpc) is 2.94. The van der Waals surface area contributed by atoms with Crippen LogP contribution in [0.5, 0.6) is 5.75 Å². The highest BCUT2D eigenvalue weighted by atomic mass is 16.5. The lowest BCUT2D eigenvalue weighted by Gasteiger charge is -2.51. The van der Waals surface area contributed by atoms with Crippen molar-refractivity contribution in [1.82, 2.24) is 0 Å². The number of ketones is 1. The largest absolute Gasteiger partial charge is 0.494 e. The van der Waals surface area contributed by atoms with Crippen LogP contribution < -0.4 is 10.1 Å². The first-order chi connectivity index (χ1) is 18.0. The summed E-state index contributed by atoms with van der Waals surface area (Å²) in [5.74, 6) is 0.970. The minimum Gasteiger partial charge on any atom is -0.494 e. The second-order valence-corrected chi connectivity index (χ2v) is 10.2. The Morgan fingerprint density at radius 3 is 2.22 bits per heavy atom. The number of nitrogens with zero attached hydrogens (tertiary/aromatic N) is 1. The van der Waals surface area contributed by atoms with Gasteiger partial charge < -0.3 is 19.3 Å². The van der Waals surface area contributed by atoms with E-state index in [1.54, 1.807) is 0 Å². The molecule has 3 fully saturated rings. The molecule has 3 aliphatic rings. The van der Waals surface area contributed by atoms with Gasteiger partial charge >= 0.3 is 5.97 Å². The molecule has 3 aliphatic heterocycles. The number of Topliss-reactive ketones (excluding diaryl/α,β-unsaturated/α-hetero) is 1. The van der Waals surface area contributed by atoms with Crippen LogP contribution >= 0.6 is 0 Å². The number of carbonyl (C=O) groups is 2. The predicted octanol–water partition coefficient (Wildman–Crippen LogP) is 5.27. The van der Waals surface area contributed by atoms with Crippen LogP contribution in [0, 0.1) is 5.92 Å². The molecule has 0 amide bonds. The van der Waals surface area contributed by atoms with E-state index < -0.39 is 6.04 Å². The van der Waals surface area contributed by atoms with E-state index in [1.165, 1.54) is 0 Å². The number of piperidine rings is 3. The summed E-state index contributed by atoms with van der Waals surface area (Å²) in [7, 11) is 0. The maximum Gasteiger partial charge on any atom is 0.333 e. The number of ether oxygens (including phenoxy) is 2. The van der Waals surface area contributed by atoms with Crippen molar-refractivity contribution in [3.63, 3.8) is 0 Å². The fourth-order valence-electron chi connectivity index (χ4n) is 5.72. The molecule has 37 heavy (non-hydrogen) atoms. The molecule has 6 rings (SSSR count). The Hall–Kier alpha value is -3.64. The van der Waals surface area contributed by atoms with E-state index in [0.717, 1.165) is 42.9 Å². The number of rotatable bonds is 10. The van der Waals surface area contributed by atoms with Crippen molar-refractivity contribution in [3.05, 3.63) is 96.1 Å². The summed E-state index contributed by atoms with van der Waals surface area (Å²) in [6, 6.07) is 26.2. The van der Waals surface area contributed by atoms with Gasteiger partial charge in [-0.2, -0.15) is 0 Å². The van der Waals surface area contributed by atoms with Gasteiger partial charge in [-0.05, 0) is 48.9 Å². The smallest absolute Gasteiger partial charge is 0.333 e. The molecule has 0 radical (unpaired) electrons. The molecule has 3 heterocycles. The van der Waals surface area contributed by atoms with Crippen LogP contribution in [0.2, 0.25) is 0 Å². The van der Waals surface area contributed by atoms with Gasteiger partial charge in [-0.3, -0.25) is 4.79 Å². The molecule has 0 aliphatic carbocycles. The van der Waals surface area contributed by atoms with E-state index in [2.05, 4.69) is 5.32 Å². The highest BCUT2D eigenvalue weighted by Crippen LogP contribution is 2.37. The van der Waals surface area contributed by atoms with E-state index in [-0.39, 0.29) is 17.9 Å². The molecular formula is C31H35N2O4+. The van der Waals surface area contributed by atoms with Crippen LogP contribution in [0.15, 0.2) is 84.9 Å². The third kappa shape index (κ3) is 5.86. The SMILES string of the molecule is CCOc1ccc(C(=O)C[N+]23CCC(CC2)[C@@H](OC(=O)[C@H](Nc2ccccc2)c2ccccc2)C3)cc1. The molecule has 3 saturated heterocycles. The van der Waals surface area contributed by atoms with Gasteiger partial charge in [-0.15, -0.1) is 0 Å². The zero-order valence-electron chi connectivity index (χ0n) is 21.3. The fourth-order valence-corrected chi connectivity index (χ4v) is 5.72. The number of benzene rings is 3. The van der Waals surface area contributed by atoms with Crippen LogP contribution in [0.1, 0.15) is 41.7 Å². The molecule has 1 N–H and O–H groups in total. The molecule has 6 nitrogen and oxygen atoms in total. The molecule has 6 heteroatoms. The van der Waals surface area contributed by atoms with Crippen molar-refractivity contribution in [2.45, 2.75) is 31.9 Å². The summed E-state index contributed by atoms with van der Waals surface area (Å²) in [5.41, 5.74) is 2.44. The fraction of sp³-hybridized carbons (Fsp3) is 0.355. The van der Waals surface area contributed by atoms with Gasteiger partial charge in [-0.25, -0.2) is 4.79 Å². The Balaban J connectivity index is 1.28. The minimum absolute atomic E-state index is 0.126. The van der Waals surface area contributed by atoms with E-state index in [9.17, 15) is 9.59 Å². The monoisotopic (exact) mass is 499 g/mol. The van der Waals surface area contributed by atoms with Crippen molar-refractivity contribution in [2.75, 3.05) is 38.1 Å². The predicted molar refractivity (Wildman–Crippen MR) is 144 cm³/mol. The summed E-state index contributed by atoms with van der Waals surface area (Å²) in [6.07, 6.45) is 1.75. The Labute approximate surface area is 218 Å². The number of quaternary nitrogens is 1. The maximum atomic E-state index is 13.6. The van der Waals surface area contributed by atoms with Crippen LogP contribution in [0.25, 0.3) is 0 Å². The van der Waals surface area contributed by atoms with Crippen molar-refractivity contribution < 1.29 is 23.5 Å². The first-order valence-electron chi connectivity index (χ1n) is 13.2. The Morgan fingerprint density at radius 1 is 0.919 bits per heavy atom. The Bertz CT molecular complexity index is 1190. The lowest BCUT2D eigenvalue weighted by atomic mass is 9.82. The van der Waals surface area contributed by atoms with Crippen LogP contribution in [0.3, 0.4) is 0 Å². The molecule has 0 aromatic heterocycles. The van der Waals surface area contributed by atoms with Gasteiger partial charge in [0.1, 0.15) is 18.8 Å². The van der Waals surface area contributed by atoms with E-state index in [0.29, 0.717) is 35.7 Å². The Kier molecular flexibility index (Phi) is 7.56.